The summed E-state index contributed by atoms with van der Waals surface area (Å²) in [5.41, 5.74) is 9.23. The molecule has 3 aromatic heterocycles. The quantitative estimate of drug-likeness (QED) is 0.205. The summed E-state index contributed by atoms with van der Waals surface area (Å²) in [6.07, 6.45) is 0. The molecule has 4 heteroatoms. The van der Waals surface area contributed by atoms with E-state index in [4.69, 9.17) is 14.4 Å². The molecule has 4 nitrogen and oxygen atoms in total. The minimum Gasteiger partial charge on any atom is -0.456 e. The van der Waals surface area contributed by atoms with Crippen LogP contribution in [0.2, 0.25) is 0 Å². The lowest BCUT2D eigenvalue weighted by Crippen LogP contribution is -2.18. The number of aromatic nitrogens is 3. The van der Waals surface area contributed by atoms with E-state index in [1.54, 1.807) is 0 Å². The normalized spacial score (nSPS) is 13.7. The molecule has 0 unspecified atom stereocenters. The maximum absolute atomic E-state index is 6.30. The molecule has 0 fully saturated rings. The fourth-order valence-corrected chi connectivity index (χ4v) is 7.65. The topological polar surface area (TPSA) is 43.9 Å². The molecule has 1 aliphatic carbocycles. The summed E-state index contributed by atoms with van der Waals surface area (Å²) in [6.45, 7) is 4.57. The maximum atomic E-state index is 6.30. The van der Waals surface area contributed by atoms with E-state index < -0.39 is 0 Å². The molecule has 0 saturated carbocycles. The average molecular weight is 578 g/mol. The van der Waals surface area contributed by atoms with Crippen LogP contribution in [0.15, 0.2) is 132 Å². The molecule has 0 spiro atoms. The number of hydrogen-bond acceptors (Lipinski definition) is 3. The first-order chi connectivity index (χ1) is 22.1. The Labute approximate surface area is 259 Å². The summed E-state index contributed by atoms with van der Waals surface area (Å²) < 4.78 is 8.66. The van der Waals surface area contributed by atoms with E-state index >= 15 is 0 Å². The van der Waals surface area contributed by atoms with Crippen LogP contribution in [0, 0.1) is 0 Å². The van der Waals surface area contributed by atoms with Crippen molar-refractivity contribution in [1.29, 1.82) is 0 Å². The highest BCUT2D eigenvalue weighted by Crippen LogP contribution is 2.51. The zero-order valence-electron chi connectivity index (χ0n) is 24.9. The zero-order valence-corrected chi connectivity index (χ0v) is 24.9. The number of nitrogens with zero attached hydrogens (tertiary/aromatic N) is 3. The van der Waals surface area contributed by atoms with Crippen molar-refractivity contribution in [2.24, 2.45) is 0 Å². The Hall–Kier alpha value is -5.74. The predicted molar refractivity (Wildman–Crippen MR) is 184 cm³/mol. The summed E-state index contributed by atoms with van der Waals surface area (Å²) in [6, 6.07) is 45.1. The summed E-state index contributed by atoms with van der Waals surface area (Å²) >= 11 is 0. The summed E-state index contributed by atoms with van der Waals surface area (Å²) in [5, 5.41) is 6.97. The second-order valence-electron chi connectivity index (χ2n) is 12.6. The largest absolute Gasteiger partial charge is 0.456 e. The molecule has 0 amide bonds. The number of rotatable bonds is 2. The van der Waals surface area contributed by atoms with Crippen molar-refractivity contribution in [3.63, 3.8) is 0 Å². The van der Waals surface area contributed by atoms with Crippen LogP contribution in [-0.2, 0) is 5.41 Å². The van der Waals surface area contributed by atoms with Crippen LogP contribution in [0.25, 0.3) is 82.8 Å². The van der Waals surface area contributed by atoms with Crippen molar-refractivity contribution in [2.45, 2.75) is 19.3 Å². The molecule has 45 heavy (non-hydrogen) atoms. The van der Waals surface area contributed by atoms with E-state index in [0.717, 1.165) is 55.6 Å². The van der Waals surface area contributed by atoms with Crippen LogP contribution in [0.1, 0.15) is 25.1 Å². The summed E-state index contributed by atoms with van der Waals surface area (Å²) in [7, 11) is 0. The van der Waals surface area contributed by atoms with Crippen molar-refractivity contribution >= 4 is 54.5 Å². The minimum atomic E-state index is -0.309. The van der Waals surface area contributed by atoms with Gasteiger partial charge in [-0.25, -0.2) is 9.97 Å². The lowest BCUT2D eigenvalue weighted by Gasteiger charge is -2.21. The molecule has 0 bridgehead atoms. The molecule has 0 atom stereocenters. The monoisotopic (exact) mass is 577 g/mol. The molecule has 0 saturated heterocycles. The molecule has 6 aromatic carbocycles. The molecule has 212 valence electrons. The first-order valence-electron chi connectivity index (χ1n) is 15.4. The van der Waals surface area contributed by atoms with Crippen molar-refractivity contribution < 1.29 is 4.42 Å². The fourth-order valence-electron chi connectivity index (χ4n) is 7.65. The molecule has 1 aliphatic rings. The number of furan rings is 1. The van der Waals surface area contributed by atoms with E-state index in [0.29, 0.717) is 5.82 Å². The van der Waals surface area contributed by atoms with Gasteiger partial charge in [0.2, 0.25) is 0 Å². The Kier molecular flexibility index (Phi) is 4.76. The van der Waals surface area contributed by atoms with Crippen LogP contribution >= 0.6 is 0 Å². The van der Waals surface area contributed by atoms with Crippen LogP contribution in [0.4, 0.5) is 0 Å². The van der Waals surface area contributed by atoms with E-state index in [1.165, 1.54) is 32.7 Å². The second-order valence-corrected chi connectivity index (χ2v) is 12.6. The smallest absolute Gasteiger partial charge is 0.162 e. The van der Waals surface area contributed by atoms with Crippen LogP contribution in [0.3, 0.4) is 0 Å². The standard InChI is InChI=1S/C41H27N3O/c1-41(2)31-18-8-5-15-27(31)37-38(41)42-39(29-17-11-21-35-36(29)28-16-7-10-20-34(28)45-35)43-40(37)44-32-19-9-6-14-26(32)30-22-24-12-3-4-13-25(24)23-33(30)44/h3-23H,1-2H3. The molecule has 0 N–H and O–H groups in total. The van der Waals surface area contributed by atoms with Gasteiger partial charge >= 0.3 is 0 Å². The Balaban J connectivity index is 1.39. The minimum absolute atomic E-state index is 0.309. The van der Waals surface area contributed by atoms with Crippen LogP contribution < -0.4 is 0 Å². The van der Waals surface area contributed by atoms with Crippen molar-refractivity contribution in [3.05, 3.63) is 139 Å². The molecule has 9 aromatic rings. The van der Waals surface area contributed by atoms with Crippen molar-refractivity contribution in [1.82, 2.24) is 14.5 Å². The van der Waals surface area contributed by atoms with Gasteiger partial charge in [-0.15, -0.1) is 0 Å². The van der Waals surface area contributed by atoms with Crippen molar-refractivity contribution in [3.8, 4) is 28.3 Å². The highest BCUT2D eigenvalue weighted by molar-refractivity contribution is 6.14. The van der Waals surface area contributed by atoms with Crippen LogP contribution in [0.5, 0.6) is 0 Å². The molecule has 0 radical (unpaired) electrons. The van der Waals surface area contributed by atoms with Gasteiger partial charge in [0.1, 0.15) is 17.0 Å². The van der Waals surface area contributed by atoms with E-state index in [2.05, 4.69) is 122 Å². The van der Waals surface area contributed by atoms with Gasteiger partial charge < -0.3 is 4.42 Å². The van der Waals surface area contributed by atoms with Gasteiger partial charge in [-0.1, -0.05) is 111 Å². The summed E-state index contributed by atoms with van der Waals surface area (Å²) in [5.74, 6) is 1.60. The van der Waals surface area contributed by atoms with Gasteiger partial charge in [0.15, 0.2) is 5.82 Å². The van der Waals surface area contributed by atoms with Gasteiger partial charge in [-0.05, 0) is 52.2 Å². The van der Waals surface area contributed by atoms with Crippen LogP contribution in [-0.4, -0.2) is 14.5 Å². The molecule has 3 heterocycles. The number of hydrogen-bond donors (Lipinski definition) is 0. The third kappa shape index (κ3) is 3.26. The van der Waals surface area contributed by atoms with Crippen molar-refractivity contribution in [2.75, 3.05) is 0 Å². The average Bonchev–Trinajstić information content (AvgIpc) is 3.69. The van der Waals surface area contributed by atoms with Gasteiger partial charge in [-0.2, -0.15) is 0 Å². The lowest BCUT2D eigenvalue weighted by molar-refractivity contribution is 0.635. The van der Waals surface area contributed by atoms with Gasteiger partial charge in [-0.3, -0.25) is 4.57 Å². The van der Waals surface area contributed by atoms with Gasteiger partial charge in [0, 0.05) is 38.1 Å². The fraction of sp³-hybridized carbons (Fsp3) is 0.0732. The maximum Gasteiger partial charge on any atom is 0.162 e. The third-order valence-corrected chi connectivity index (χ3v) is 9.75. The summed E-state index contributed by atoms with van der Waals surface area (Å²) in [4.78, 5) is 11.0. The number of para-hydroxylation sites is 2. The zero-order chi connectivity index (χ0) is 29.9. The second kappa shape index (κ2) is 8.67. The van der Waals surface area contributed by atoms with Gasteiger partial charge in [0.25, 0.3) is 0 Å². The first-order valence-corrected chi connectivity index (χ1v) is 15.4. The van der Waals surface area contributed by atoms with E-state index in [9.17, 15) is 0 Å². The highest BCUT2D eigenvalue weighted by atomic mass is 16.3. The first kappa shape index (κ1) is 24.7. The van der Waals surface area contributed by atoms with Gasteiger partial charge in [0.05, 0.1) is 16.7 Å². The predicted octanol–water partition coefficient (Wildman–Crippen LogP) is 10.6. The van der Waals surface area contributed by atoms with E-state index in [1.807, 2.05) is 24.3 Å². The Morgan fingerprint density at radius 2 is 1.27 bits per heavy atom. The van der Waals surface area contributed by atoms with E-state index in [-0.39, 0.29) is 5.41 Å². The SMILES string of the molecule is CC1(C)c2ccccc2-c2c(-n3c4ccccc4c4cc5ccccc5cc43)nc(-c3cccc4oc5ccccc5c34)nc21. The molecule has 0 aliphatic heterocycles. The Bertz CT molecular complexity index is 2690. The lowest BCUT2D eigenvalue weighted by atomic mass is 9.85. The molecular weight excluding hydrogens is 550 g/mol. The highest BCUT2D eigenvalue weighted by Gasteiger charge is 2.40. The molecular formula is C41H27N3O. The number of fused-ring (bicyclic) bond motifs is 10. The third-order valence-electron chi connectivity index (χ3n) is 9.75. The number of benzene rings is 6. The Morgan fingerprint density at radius 3 is 2.16 bits per heavy atom. The molecule has 10 rings (SSSR count). The Morgan fingerprint density at radius 1 is 0.578 bits per heavy atom.